The fraction of sp³-hybridized carbons (Fsp3) is 0.833. The molecule has 0 aromatic carbocycles. The van der Waals surface area contributed by atoms with Gasteiger partial charge in [0.15, 0.2) is 5.41 Å². The van der Waals surface area contributed by atoms with E-state index in [9.17, 15) is 4.79 Å². The van der Waals surface area contributed by atoms with Gasteiger partial charge < -0.3 is 9.47 Å². The fourth-order valence-electron chi connectivity index (χ4n) is 0.621. The molecule has 0 aliphatic heterocycles. The highest BCUT2D eigenvalue weighted by atomic mass is 28.1. The Bertz CT molecular complexity index is 163. The van der Waals surface area contributed by atoms with Gasteiger partial charge in [-0.15, -0.1) is 0 Å². The number of methoxy groups -OCH3 is 2. The molecule has 0 rings (SSSR count). The van der Waals surface area contributed by atoms with Gasteiger partial charge in [0.1, 0.15) is 6.04 Å². The van der Waals surface area contributed by atoms with Crippen molar-refractivity contribution in [2.24, 2.45) is 4.99 Å². The first-order chi connectivity index (χ1) is 5.10. The Labute approximate surface area is 69.0 Å². The molecular weight excluding hydrogens is 162 g/mol. The lowest BCUT2D eigenvalue weighted by atomic mass is 10.3. The van der Waals surface area contributed by atoms with E-state index in [0.29, 0.717) is 10.2 Å². The van der Waals surface area contributed by atoms with Crippen LogP contribution in [-0.2, 0) is 14.3 Å². The quantitative estimate of drug-likeness (QED) is 0.239. The molecule has 0 saturated heterocycles. The maximum absolute atomic E-state index is 9.91. The van der Waals surface area contributed by atoms with E-state index in [1.165, 1.54) is 20.3 Å². The summed E-state index contributed by atoms with van der Waals surface area (Å²) < 4.78 is 10.1. The number of isocyanates is 1. The van der Waals surface area contributed by atoms with Crippen molar-refractivity contribution < 1.29 is 14.3 Å². The normalized spacial score (nSPS) is 14.1. The van der Waals surface area contributed by atoms with E-state index in [2.05, 4.69) is 4.99 Å². The molecule has 0 saturated carbocycles. The first kappa shape index (κ1) is 10.5. The van der Waals surface area contributed by atoms with Crippen LogP contribution in [0.4, 0.5) is 0 Å². The monoisotopic (exact) mass is 175 g/mol. The highest BCUT2D eigenvalue weighted by molar-refractivity contribution is 6.14. The van der Waals surface area contributed by atoms with E-state index >= 15 is 0 Å². The van der Waals surface area contributed by atoms with Crippen molar-refractivity contribution in [2.45, 2.75) is 18.4 Å². The van der Waals surface area contributed by atoms with Crippen LogP contribution in [0, 0.1) is 0 Å². The molecule has 0 heterocycles. The largest absolute Gasteiger partial charge is 0.356 e. The highest BCUT2D eigenvalue weighted by Gasteiger charge is 2.30. The molecule has 1 atom stereocenters. The van der Waals surface area contributed by atoms with Crippen LogP contribution in [0.3, 0.4) is 0 Å². The summed E-state index contributed by atoms with van der Waals surface area (Å²) in [6.45, 7) is 1.75. The van der Waals surface area contributed by atoms with Gasteiger partial charge in [-0.1, -0.05) is 0 Å². The third kappa shape index (κ3) is 2.55. The van der Waals surface area contributed by atoms with Crippen LogP contribution in [0.1, 0.15) is 6.92 Å². The number of hydrogen-bond acceptors (Lipinski definition) is 4. The van der Waals surface area contributed by atoms with Crippen LogP contribution in [0.25, 0.3) is 0 Å². The van der Waals surface area contributed by atoms with Crippen LogP contribution in [-0.4, -0.2) is 42.0 Å². The minimum atomic E-state index is -0.697. The predicted octanol–water partition coefficient (Wildman–Crippen LogP) is -0.977. The third-order valence-corrected chi connectivity index (χ3v) is 3.47. The summed E-state index contributed by atoms with van der Waals surface area (Å²) in [5, 5.41) is 0. The SMILES string of the molecule is COC([SiH3])(OC)C(C)N=C=O. The molecule has 64 valence electrons. The first-order valence-corrected chi connectivity index (χ1v) is 4.28. The number of rotatable bonds is 4. The zero-order valence-corrected chi connectivity index (χ0v) is 9.25. The van der Waals surface area contributed by atoms with Crippen LogP contribution in [0.15, 0.2) is 4.99 Å². The summed E-state index contributed by atoms with van der Waals surface area (Å²) >= 11 is 0. The number of nitrogens with zero attached hydrogens (tertiary/aromatic N) is 1. The van der Waals surface area contributed by atoms with E-state index in [1.54, 1.807) is 6.92 Å². The number of ether oxygens (including phenoxy) is 2. The average Bonchev–Trinajstić information content (AvgIpc) is 2.03. The van der Waals surface area contributed by atoms with Crippen molar-refractivity contribution >= 4 is 16.3 Å². The minimum Gasteiger partial charge on any atom is -0.356 e. The molecule has 0 fully saturated rings. The first-order valence-electron chi connectivity index (χ1n) is 3.28. The molecule has 1 unspecified atom stereocenters. The van der Waals surface area contributed by atoms with E-state index in [4.69, 9.17) is 9.47 Å². The van der Waals surface area contributed by atoms with Gasteiger partial charge in [-0.3, -0.25) is 0 Å². The van der Waals surface area contributed by atoms with Gasteiger partial charge in [-0.2, -0.15) is 4.99 Å². The van der Waals surface area contributed by atoms with Crippen LogP contribution in [0.2, 0.25) is 0 Å². The second-order valence-electron chi connectivity index (χ2n) is 2.32. The van der Waals surface area contributed by atoms with Gasteiger partial charge in [0, 0.05) is 14.2 Å². The van der Waals surface area contributed by atoms with Gasteiger partial charge >= 0.3 is 0 Å². The van der Waals surface area contributed by atoms with Crippen LogP contribution < -0.4 is 0 Å². The molecule has 0 aliphatic carbocycles. The second kappa shape index (κ2) is 4.41. The van der Waals surface area contributed by atoms with Crippen molar-refractivity contribution in [2.75, 3.05) is 14.2 Å². The molecule has 0 spiro atoms. The van der Waals surface area contributed by atoms with Crippen molar-refractivity contribution in [1.29, 1.82) is 0 Å². The second-order valence-corrected chi connectivity index (χ2v) is 3.71. The molecule has 0 radical (unpaired) electrons. The van der Waals surface area contributed by atoms with Crippen LogP contribution in [0.5, 0.6) is 0 Å². The summed E-state index contributed by atoms with van der Waals surface area (Å²) in [5.41, 5.74) is -0.697. The average molecular weight is 175 g/mol. The molecule has 0 amide bonds. The maximum atomic E-state index is 9.91. The molecule has 0 N–H and O–H groups in total. The molecule has 0 bridgehead atoms. The van der Waals surface area contributed by atoms with Gasteiger partial charge in [0.2, 0.25) is 6.08 Å². The smallest absolute Gasteiger partial charge is 0.235 e. The number of aliphatic imine (C=N–C) groups is 1. The maximum Gasteiger partial charge on any atom is 0.235 e. The van der Waals surface area contributed by atoms with Crippen molar-refractivity contribution in [1.82, 2.24) is 0 Å². The Hall–Kier alpha value is -0.483. The van der Waals surface area contributed by atoms with E-state index in [-0.39, 0.29) is 6.04 Å². The van der Waals surface area contributed by atoms with Crippen LogP contribution >= 0.6 is 0 Å². The number of carbonyl (C=O) groups excluding carboxylic acids is 1. The molecule has 0 aromatic rings. The van der Waals surface area contributed by atoms with E-state index < -0.39 is 5.41 Å². The summed E-state index contributed by atoms with van der Waals surface area (Å²) in [5.74, 6) is 0. The van der Waals surface area contributed by atoms with Crippen molar-refractivity contribution in [3.63, 3.8) is 0 Å². The Kier molecular flexibility index (Phi) is 4.21. The number of hydrogen-bond donors (Lipinski definition) is 0. The van der Waals surface area contributed by atoms with E-state index in [0.717, 1.165) is 0 Å². The fourth-order valence-corrected chi connectivity index (χ4v) is 0.750. The molecular formula is C6H13NO3Si. The highest BCUT2D eigenvalue weighted by Crippen LogP contribution is 2.13. The lowest BCUT2D eigenvalue weighted by Crippen LogP contribution is -2.44. The summed E-state index contributed by atoms with van der Waals surface area (Å²) in [7, 11) is 3.72. The van der Waals surface area contributed by atoms with E-state index in [1.807, 2.05) is 0 Å². The summed E-state index contributed by atoms with van der Waals surface area (Å²) in [4.78, 5) is 13.4. The van der Waals surface area contributed by atoms with Gasteiger partial charge in [0.25, 0.3) is 0 Å². The molecule has 0 aliphatic rings. The topological polar surface area (TPSA) is 47.9 Å². The van der Waals surface area contributed by atoms with Gasteiger partial charge in [-0.25, -0.2) is 4.79 Å². The molecule has 0 aromatic heterocycles. The van der Waals surface area contributed by atoms with Gasteiger partial charge in [0.05, 0.1) is 10.2 Å². The zero-order valence-electron chi connectivity index (χ0n) is 7.25. The molecule has 5 heteroatoms. The predicted molar refractivity (Wildman–Crippen MR) is 44.3 cm³/mol. The molecule has 4 nitrogen and oxygen atoms in total. The Morgan fingerprint density at radius 3 is 2.27 bits per heavy atom. The summed E-state index contributed by atoms with van der Waals surface area (Å²) in [6, 6.07) is -0.290. The van der Waals surface area contributed by atoms with Gasteiger partial charge in [-0.05, 0) is 6.92 Å². The third-order valence-electron chi connectivity index (χ3n) is 1.82. The minimum absolute atomic E-state index is 0.290. The Balaban J connectivity index is 4.35. The standard InChI is InChI=1S/C6H13NO3Si/c1-5(7-4-8)6(11,9-2)10-3/h5H,1-3,11H3. The lowest BCUT2D eigenvalue weighted by molar-refractivity contribution is -0.152. The lowest BCUT2D eigenvalue weighted by Gasteiger charge is -2.29. The zero-order chi connectivity index (χ0) is 8.91. The van der Waals surface area contributed by atoms with Crippen molar-refractivity contribution in [3.05, 3.63) is 0 Å². The Morgan fingerprint density at radius 1 is 1.55 bits per heavy atom. The summed E-state index contributed by atoms with van der Waals surface area (Å²) in [6.07, 6.45) is 1.48. The Morgan fingerprint density at radius 2 is 2.00 bits per heavy atom. The molecule has 11 heavy (non-hydrogen) atoms. The van der Waals surface area contributed by atoms with Crippen molar-refractivity contribution in [3.8, 4) is 0 Å².